The predicted molar refractivity (Wildman–Crippen MR) is 69.8 cm³/mol. The van der Waals surface area contributed by atoms with E-state index >= 15 is 0 Å². The van der Waals surface area contributed by atoms with E-state index in [1.165, 1.54) is 25.7 Å². The topological polar surface area (TPSA) is 37.8 Å². The van der Waals surface area contributed by atoms with Crippen LogP contribution in [0.4, 0.5) is 0 Å². The molecule has 0 radical (unpaired) electrons. The maximum atomic E-state index is 4.42. The molecule has 1 unspecified atom stereocenters. The lowest BCUT2D eigenvalue weighted by molar-refractivity contribution is 0.120. The van der Waals surface area contributed by atoms with E-state index in [4.69, 9.17) is 0 Å². The van der Waals surface area contributed by atoms with Gasteiger partial charge in [-0.1, -0.05) is 13.3 Å². The Bertz CT molecular complexity index is 366. The smallest absolute Gasteiger partial charge is 0.0782 e. The van der Waals surface area contributed by atoms with Crippen molar-refractivity contribution in [2.24, 2.45) is 5.41 Å². The minimum absolute atomic E-state index is 0.299. The van der Waals surface area contributed by atoms with E-state index in [0.717, 1.165) is 17.9 Å². The van der Waals surface area contributed by atoms with Crippen LogP contribution in [0.25, 0.3) is 0 Å². The Hall–Kier alpha value is -0.960. The predicted octanol–water partition coefficient (Wildman–Crippen LogP) is 3.02. The zero-order chi connectivity index (χ0) is 12.3. The van der Waals surface area contributed by atoms with E-state index in [2.05, 4.69) is 29.1 Å². The Kier molecular flexibility index (Phi) is 3.77. The van der Waals surface area contributed by atoms with Gasteiger partial charge in [0.15, 0.2) is 0 Å². The molecule has 0 aliphatic heterocycles. The van der Waals surface area contributed by atoms with Gasteiger partial charge in [0.1, 0.15) is 0 Å². The third-order valence-electron chi connectivity index (χ3n) is 4.28. The molecule has 3 heteroatoms. The summed E-state index contributed by atoms with van der Waals surface area (Å²) in [6.07, 6.45) is 8.97. The van der Waals surface area contributed by atoms with Gasteiger partial charge in [-0.2, -0.15) is 0 Å². The molecule has 1 saturated carbocycles. The molecular weight excluding hydrogens is 210 g/mol. The van der Waals surface area contributed by atoms with Crippen molar-refractivity contribution in [1.29, 1.82) is 0 Å². The molecule has 1 aromatic rings. The second-order valence-corrected chi connectivity index (χ2v) is 5.34. The molecule has 0 saturated heterocycles. The summed E-state index contributed by atoms with van der Waals surface area (Å²) in [4.78, 5) is 8.72. The first kappa shape index (κ1) is 12.5. The first-order valence-corrected chi connectivity index (χ1v) is 6.68. The van der Waals surface area contributed by atoms with Crippen LogP contribution in [-0.4, -0.2) is 16.5 Å². The van der Waals surface area contributed by atoms with Gasteiger partial charge in [0, 0.05) is 25.0 Å². The van der Waals surface area contributed by atoms with Gasteiger partial charge in [0.2, 0.25) is 0 Å². The average molecular weight is 233 g/mol. The number of nitrogens with one attached hydrogen (secondary N) is 1. The van der Waals surface area contributed by atoms with Crippen LogP contribution in [0.15, 0.2) is 12.4 Å². The largest absolute Gasteiger partial charge is 0.308 e. The molecule has 1 atom stereocenters. The van der Waals surface area contributed by atoms with E-state index in [9.17, 15) is 0 Å². The van der Waals surface area contributed by atoms with Crippen molar-refractivity contribution in [3.63, 3.8) is 0 Å². The summed E-state index contributed by atoms with van der Waals surface area (Å²) < 4.78 is 0. The molecule has 17 heavy (non-hydrogen) atoms. The van der Waals surface area contributed by atoms with Crippen LogP contribution in [-0.2, 0) is 0 Å². The minimum atomic E-state index is 0.299. The van der Waals surface area contributed by atoms with Crippen LogP contribution in [0, 0.1) is 12.3 Å². The zero-order valence-corrected chi connectivity index (χ0v) is 11.2. The Morgan fingerprint density at radius 3 is 2.59 bits per heavy atom. The number of nitrogens with zero attached hydrogens (tertiary/aromatic N) is 2. The molecule has 0 amide bonds. The molecule has 94 valence electrons. The maximum absolute atomic E-state index is 4.42. The second kappa shape index (κ2) is 5.13. The normalized spacial score (nSPS) is 19.7. The molecule has 3 nitrogen and oxygen atoms in total. The molecular formula is C14H23N3. The van der Waals surface area contributed by atoms with E-state index in [0.29, 0.717) is 11.5 Å². The first-order chi connectivity index (χ1) is 8.17. The lowest BCUT2D eigenvalue weighted by Crippen LogP contribution is -2.40. The van der Waals surface area contributed by atoms with Crippen molar-refractivity contribution in [3.8, 4) is 0 Å². The number of hydrogen-bond donors (Lipinski definition) is 1. The Morgan fingerprint density at radius 1 is 1.35 bits per heavy atom. The Balaban J connectivity index is 1.93. The van der Waals surface area contributed by atoms with Crippen LogP contribution < -0.4 is 5.32 Å². The fourth-order valence-electron chi connectivity index (χ4n) is 2.64. The number of aryl methyl sites for hydroxylation is 1. The van der Waals surface area contributed by atoms with Crippen LogP contribution >= 0.6 is 0 Å². The van der Waals surface area contributed by atoms with Gasteiger partial charge in [0.25, 0.3) is 0 Å². The third-order valence-corrected chi connectivity index (χ3v) is 4.28. The fourth-order valence-corrected chi connectivity index (χ4v) is 2.64. The molecule has 1 heterocycles. The molecule has 1 aliphatic carbocycles. The van der Waals surface area contributed by atoms with Gasteiger partial charge in [-0.15, -0.1) is 0 Å². The van der Waals surface area contributed by atoms with E-state index in [1.807, 2.05) is 6.92 Å². The molecule has 1 N–H and O–H groups in total. The summed E-state index contributed by atoms with van der Waals surface area (Å²) in [5.41, 5.74) is 2.68. The SMILES string of the molecule is CCC1(CNC(C)c2nccnc2C)CCC1. The number of hydrogen-bond acceptors (Lipinski definition) is 3. The van der Waals surface area contributed by atoms with Crippen LogP contribution in [0.2, 0.25) is 0 Å². The van der Waals surface area contributed by atoms with Gasteiger partial charge in [0.05, 0.1) is 11.4 Å². The molecule has 1 fully saturated rings. The molecule has 1 aliphatic rings. The summed E-state index contributed by atoms with van der Waals surface area (Å²) in [7, 11) is 0. The van der Waals surface area contributed by atoms with Crippen LogP contribution in [0.5, 0.6) is 0 Å². The van der Waals surface area contributed by atoms with Crippen molar-refractivity contribution in [1.82, 2.24) is 15.3 Å². The summed E-state index contributed by atoms with van der Waals surface area (Å²) in [6, 6.07) is 0.299. The zero-order valence-electron chi connectivity index (χ0n) is 11.2. The molecule has 0 bridgehead atoms. The molecule has 1 aromatic heterocycles. The highest BCUT2D eigenvalue weighted by molar-refractivity contribution is 5.12. The molecule has 0 aromatic carbocycles. The standard InChI is InChI=1S/C14H23N3/c1-4-14(6-5-7-14)10-17-12(3)13-11(2)15-8-9-16-13/h8-9,12,17H,4-7,10H2,1-3H3. The van der Waals surface area contributed by atoms with Crippen molar-refractivity contribution >= 4 is 0 Å². The highest BCUT2D eigenvalue weighted by Crippen LogP contribution is 2.43. The maximum Gasteiger partial charge on any atom is 0.0782 e. The summed E-state index contributed by atoms with van der Waals surface area (Å²) in [6.45, 7) is 7.62. The number of rotatable bonds is 5. The van der Waals surface area contributed by atoms with E-state index in [-0.39, 0.29) is 0 Å². The van der Waals surface area contributed by atoms with Gasteiger partial charge >= 0.3 is 0 Å². The van der Waals surface area contributed by atoms with Crippen molar-refractivity contribution in [3.05, 3.63) is 23.8 Å². The van der Waals surface area contributed by atoms with Gasteiger partial charge in [-0.05, 0) is 38.5 Å². The van der Waals surface area contributed by atoms with Gasteiger partial charge in [-0.3, -0.25) is 9.97 Å². The Labute approximate surface area is 104 Å². The molecule has 0 spiro atoms. The highest BCUT2D eigenvalue weighted by Gasteiger charge is 2.35. The third kappa shape index (κ3) is 2.65. The van der Waals surface area contributed by atoms with Gasteiger partial charge in [-0.25, -0.2) is 0 Å². The lowest BCUT2D eigenvalue weighted by Gasteiger charge is -2.42. The van der Waals surface area contributed by atoms with Crippen molar-refractivity contribution < 1.29 is 0 Å². The average Bonchev–Trinajstić information content (AvgIpc) is 2.28. The summed E-state index contributed by atoms with van der Waals surface area (Å²) in [5.74, 6) is 0. The van der Waals surface area contributed by atoms with Crippen LogP contribution in [0.1, 0.15) is 57.0 Å². The Morgan fingerprint density at radius 2 is 2.06 bits per heavy atom. The number of aromatic nitrogens is 2. The van der Waals surface area contributed by atoms with Crippen molar-refractivity contribution in [2.75, 3.05) is 6.54 Å². The van der Waals surface area contributed by atoms with Crippen LogP contribution in [0.3, 0.4) is 0 Å². The van der Waals surface area contributed by atoms with E-state index < -0.39 is 0 Å². The van der Waals surface area contributed by atoms with Crippen molar-refractivity contribution in [2.45, 2.75) is 52.5 Å². The minimum Gasteiger partial charge on any atom is -0.308 e. The first-order valence-electron chi connectivity index (χ1n) is 6.68. The monoisotopic (exact) mass is 233 g/mol. The van der Waals surface area contributed by atoms with E-state index in [1.54, 1.807) is 12.4 Å². The quantitative estimate of drug-likeness (QED) is 0.849. The molecule has 2 rings (SSSR count). The highest BCUT2D eigenvalue weighted by atomic mass is 15.0. The summed E-state index contributed by atoms with van der Waals surface area (Å²) in [5, 5.41) is 3.63. The lowest BCUT2D eigenvalue weighted by atomic mass is 9.67. The second-order valence-electron chi connectivity index (χ2n) is 5.34. The summed E-state index contributed by atoms with van der Waals surface area (Å²) >= 11 is 0. The fraction of sp³-hybridized carbons (Fsp3) is 0.714. The van der Waals surface area contributed by atoms with Gasteiger partial charge < -0.3 is 5.32 Å².